The summed E-state index contributed by atoms with van der Waals surface area (Å²) < 4.78 is 27.1. The van der Waals surface area contributed by atoms with E-state index in [-0.39, 0.29) is 10.8 Å². The van der Waals surface area contributed by atoms with Crippen molar-refractivity contribution in [3.05, 3.63) is 71.3 Å². The number of hydrogen-bond acceptors (Lipinski definition) is 3. The molecule has 1 saturated heterocycles. The topological polar surface area (TPSA) is 57.7 Å². The number of carbonyl (C=O) groups is 1. The van der Waals surface area contributed by atoms with Crippen LogP contribution in [0.25, 0.3) is 0 Å². The van der Waals surface area contributed by atoms with Crippen molar-refractivity contribution in [3.8, 4) is 0 Å². The number of amides is 1. The maximum Gasteiger partial charge on any atom is 0.264 e. The molecule has 0 bridgehead atoms. The van der Waals surface area contributed by atoms with Gasteiger partial charge in [-0.1, -0.05) is 35.9 Å². The Balaban J connectivity index is 1.87. The monoisotopic (exact) mass is 404 g/mol. The highest BCUT2D eigenvalue weighted by Crippen LogP contribution is 2.25. The fourth-order valence-corrected chi connectivity index (χ4v) is 4.39. The Morgan fingerprint density at radius 3 is 2.44 bits per heavy atom. The summed E-state index contributed by atoms with van der Waals surface area (Å²) in [5, 5.41) is 0.449. The Kier molecular flexibility index (Phi) is 5.58. The molecule has 1 amide bonds. The first-order valence-corrected chi connectivity index (χ1v) is 10.4. The third-order valence-electron chi connectivity index (χ3n) is 4.67. The molecular weight excluding hydrogens is 384 g/mol. The smallest absolute Gasteiger partial charge is 0.264 e. The van der Waals surface area contributed by atoms with E-state index in [4.69, 9.17) is 11.6 Å². The lowest BCUT2D eigenvalue weighted by Gasteiger charge is -2.28. The van der Waals surface area contributed by atoms with Gasteiger partial charge in [-0.05, 0) is 49.2 Å². The summed E-state index contributed by atoms with van der Waals surface area (Å²) in [6, 6.07) is 12.8. The van der Waals surface area contributed by atoms with Crippen LogP contribution in [0.4, 0.5) is 5.69 Å². The molecule has 142 valence electrons. The normalized spacial score (nSPS) is 14.9. The van der Waals surface area contributed by atoms with Gasteiger partial charge in [0.2, 0.25) is 0 Å². The molecule has 0 atom stereocenters. The van der Waals surface area contributed by atoms with Crippen LogP contribution >= 0.6 is 11.6 Å². The molecule has 1 aliphatic heterocycles. The first-order valence-electron chi connectivity index (χ1n) is 8.59. The van der Waals surface area contributed by atoms with Crippen LogP contribution in [0.1, 0.15) is 23.2 Å². The molecule has 0 N–H and O–H groups in total. The molecule has 2 aromatic rings. The number of halogens is 1. The van der Waals surface area contributed by atoms with E-state index in [1.165, 1.54) is 19.2 Å². The van der Waals surface area contributed by atoms with E-state index in [2.05, 4.69) is 6.58 Å². The van der Waals surface area contributed by atoms with E-state index in [1.54, 1.807) is 41.3 Å². The lowest BCUT2D eigenvalue weighted by Crippen LogP contribution is -2.36. The molecule has 0 unspecified atom stereocenters. The van der Waals surface area contributed by atoms with Gasteiger partial charge in [0.15, 0.2) is 0 Å². The Labute approximate surface area is 164 Å². The zero-order chi connectivity index (χ0) is 19.6. The van der Waals surface area contributed by atoms with Gasteiger partial charge >= 0.3 is 0 Å². The van der Waals surface area contributed by atoms with Crippen molar-refractivity contribution in [2.45, 2.75) is 17.7 Å². The van der Waals surface area contributed by atoms with Crippen LogP contribution in [0.5, 0.6) is 0 Å². The van der Waals surface area contributed by atoms with E-state index < -0.39 is 10.0 Å². The van der Waals surface area contributed by atoms with Gasteiger partial charge in [0.1, 0.15) is 0 Å². The summed E-state index contributed by atoms with van der Waals surface area (Å²) in [4.78, 5) is 14.5. The third kappa shape index (κ3) is 4.17. The molecule has 0 saturated carbocycles. The average molecular weight is 405 g/mol. The van der Waals surface area contributed by atoms with Crippen LogP contribution in [0.3, 0.4) is 0 Å². The average Bonchev–Trinajstić information content (AvgIpc) is 2.67. The maximum absolute atomic E-state index is 13.0. The summed E-state index contributed by atoms with van der Waals surface area (Å²) in [6.45, 7) is 5.17. The molecule has 1 fully saturated rings. The first kappa shape index (κ1) is 19.5. The second kappa shape index (κ2) is 7.74. The molecule has 2 aromatic carbocycles. The zero-order valence-corrected chi connectivity index (χ0v) is 16.6. The van der Waals surface area contributed by atoms with E-state index in [9.17, 15) is 13.2 Å². The molecule has 0 spiro atoms. The number of likely N-dealkylation sites (tertiary alicyclic amines) is 1. The summed E-state index contributed by atoms with van der Waals surface area (Å²) in [5.41, 5.74) is 1.95. The van der Waals surface area contributed by atoms with Gasteiger partial charge in [-0.3, -0.25) is 9.10 Å². The summed E-state index contributed by atoms with van der Waals surface area (Å²) >= 11 is 5.97. The SMILES string of the molecule is C=C1CCN(C(=O)c2cccc(S(=O)(=O)N(C)c3cccc(Cl)c3)c2)CC1. The lowest BCUT2D eigenvalue weighted by atomic mass is 10.0. The lowest BCUT2D eigenvalue weighted by molar-refractivity contribution is 0.0743. The summed E-state index contributed by atoms with van der Waals surface area (Å²) in [5.74, 6) is -0.162. The van der Waals surface area contributed by atoms with E-state index in [1.807, 2.05) is 0 Å². The van der Waals surface area contributed by atoms with Crippen LogP contribution < -0.4 is 4.31 Å². The minimum atomic E-state index is -3.81. The van der Waals surface area contributed by atoms with E-state index in [0.29, 0.717) is 29.4 Å². The number of hydrogen-bond donors (Lipinski definition) is 0. The van der Waals surface area contributed by atoms with Gasteiger partial charge in [0.05, 0.1) is 10.6 Å². The highest BCUT2D eigenvalue weighted by atomic mass is 35.5. The number of nitrogens with zero attached hydrogens (tertiary/aromatic N) is 2. The van der Waals surface area contributed by atoms with Gasteiger partial charge in [-0.25, -0.2) is 8.42 Å². The highest BCUT2D eigenvalue weighted by molar-refractivity contribution is 7.92. The van der Waals surface area contributed by atoms with Crippen molar-refractivity contribution in [2.75, 3.05) is 24.4 Å². The van der Waals surface area contributed by atoms with Crippen LogP contribution in [0.2, 0.25) is 5.02 Å². The van der Waals surface area contributed by atoms with Gasteiger partial charge in [0, 0.05) is 30.7 Å². The number of rotatable bonds is 4. The van der Waals surface area contributed by atoms with Crippen LogP contribution in [0, 0.1) is 0 Å². The Hall–Kier alpha value is -2.31. The third-order valence-corrected chi connectivity index (χ3v) is 6.69. The minimum Gasteiger partial charge on any atom is -0.338 e. The predicted molar refractivity (Wildman–Crippen MR) is 108 cm³/mol. The molecular formula is C20H21ClN2O3S. The van der Waals surface area contributed by atoms with Gasteiger partial charge < -0.3 is 4.90 Å². The minimum absolute atomic E-state index is 0.0669. The number of piperidine rings is 1. The quantitative estimate of drug-likeness (QED) is 0.725. The maximum atomic E-state index is 13.0. The van der Waals surface area contributed by atoms with Crippen molar-refractivity contribution in [1.82, 2.24) is 4.90 Å². The number of anilines is 1. The Morgan fingerprint density at radius 1 is 1.11 bits per heavy atom. The van der Waals surface area contributed by atoms with E-state index >= 15 is 0 Å². The second-order valence-electron chi connectivity index (χ2n) is 6.52. The molecule has 27 heavy (non-hydrogen) atoms. The predicted octanol–water partition coefficient (Wildman–Crippen LogP) is 3.96. The molecule has 1 heterocycles. The summed E-state index contributed by atoms with van der Waals surface area (Å²) in [7, 11) is -2.35. The molecule has 1 aliphatic rings. The first-order chi connectivity index (χ1) is 12.8. The fraction of sp³-hybridized carbons (Fsp3) is 0.250. The second-order valence-corrected chi connectivity index (χ2v) is 8.93. The number of carbonyl (C=O) groups excluding carboxylic acids is 1. The zero-order valence-electron chi connectivity index (χ0n) is 15.1. The molecule has 5 nitrogen and oxygen atoms in total. The Bertz CT molecular complexity index is 978. The molecule has 7 heteroatoms. The van der Waals surface area contributed by atoms with Crippen molar-refractivity contribution >= 4 is 33.2 Å². The van der Waals surface area contributed by atoms with E-state index in [0.717, 1.165) is 22.7 Å². The van der Waals surface area contributed by atoms with Crippen LogP contribution in [0.15, 0.2) is 65.6 Å². The number of benzene rings is 2. The molecule has 0 aliphatic carbocycles. The van der Waals surface area contributed by atoms with Crippen LogP contribution in [-0.2, 0) is 10.0 Å². The molecule has 3 rings (SSSR count). The van der Waals surface area contributed by atoms with Crippen molar-refractivity contribution in [2.24, 2.45) is 0 Å². The largest absolute Gasteiger partial charge is 0.338 e. The van der Waals surface area contributed by atoms with Crippen molar-refractivity contribution < 1.29 is 13.2 Å². The van der Waals surface area contributed by atoms with Crippen molar-refractivity contribution in [1.29, 1.82) is 0 Å². The molecule has 0 radical (unpaired) electrons. The van der Waals surface area contributed by atoms with Crippen LogP contribution in [-0.4, -0.2) is 39.4 Å². The Morgan fingerprint density at radius 2 is 1.78 bits per heavy atom. The molecule has 0 aromatic heterocycles. The summed E-state index contributed by atoms with van der Waals surface area (Å²) in [6.07, 6.45) is 1.56. The van der Waals surface area contributed by atoms with Gasteiger partial charge in [-0.2, -0.15) is 0 Å². The number of sulfonamides is 1. The standard InChI is InChI=1S/C20H21ClN2O3S/c1-15-9-11-23(12-10-15)20(24)16-5-3-8-19(13-16)27(25,26)22(2)18-7-4-6-17(21)14-18/h3-8,13-14H,1,9-12H2,2H3. The van der Waals surface area contributed by atoms with Gasteiger partial charge in [0.25, 0.3) is 15.9 Å². The highest BCUT2D eigenvalue weighted by Gasteiger charge is 2.24. The fourth-order valence-electron chi connectivity index (χ4n) is 2.97. The van der Waals surface area contributed by atoms with Crippen molar-refractivity contribution in [3.63, 3.8) is 0 Å². The van der Waals surface area contributed by atoms with Gasteiger partial charge in [-0.15, -0.1) is 0 Å².